The van der Waals surface area contributed by atoms with E-state index in [0.717, 1.165) is 11.3 Å². The van der Waals surface area contributed by atoms with E-state index in [1.807, 2.05) is 27.1 Å². The van der Waals surface area contributed by atoms with Gasteiger partial charge in [-0.15, -0.1) is 0 Å². The van der Waals surface area contributed by atoms with Gasteiger partial charge in [-0.2, -0.15) is 0 Å². The molecule has 88 valence electrons. The maximum absolute atomic E-state index is 11.5. The molecular weight excluding hydrogens is 206 g/mol. The normalized spacial score (nSPS) is 10.3. The molecule has 5 nitrogen and oxygen atoms in total. The number of carbonyl (C=O) groups excluding carboxylic acids is 1. The van der Waals surface area contributed by atoms with Gasteiger partial charge in [-0.3, -0.25) is 0 Å². The molecule has 16 heavy (non-hydrogen) atoms. The van der Waals surface area contributed by atoms with Gasteiger partial charge in [0.2, 0.25) is 0 Å². The highest BCUT2D eigenvalue weighted by molar-refractivity contribution is 5.97. The third-order valence-corrected chi connectivity index (χ3v) is 2.14. The highest BCUT2D eigenvalue weighted by Crippen LogP contribution is 2.23. The number of hydrogen-bond acceptors (Lipinski definition) is 5. The maximum atomic E-state index is 11.5. The minimum absolute atomic E-state index is 0.381. The molecule has 0 aromatic heterocycles. The van der Waals surface area contributed by atoms with Gasteiger partial charge in [-0.25, -0.2) is 9.80 Å². The zero-order valence-corrected chi connectivity index (χ0v) is 10.00. The first-order chi connectivity index (χ1) is 7.45. The summed E-state index contributed by atoms with van der Waals surface area (Å²) >= 11 is 0. The van der Waals surface area contributed by atoms with Crippen LogP contribution in [0.1, 0.15) is 15.9 Å². The Bertz CT molecular complexity index is 402. The van der Waals surface area contributed by atoms with Crippen molar-refractivity contribution in [3.63, 3.8) is 0 Å². The summed E-state index contributed by atoms with van der Waals surface area (Å²) in [4.78, 5) is 11.5. The molecule has 1 rings (SSSR count). The molecule has 0 saturated carbocycles. The number of carbonyl (C=O) groups is 1. The van der Waals surface area contributed by atoms with E-state index in [1.54, 1.807) is 11.1 Å². The number of nitrogen functional groups attached to an aromatic ring is 1. The van der Waals surface area contributed by atoms with Crippen LogP contribution in [0.2, 0.25) is 0 Å². The number of benzene rings is 1. The summed E-state index contributed by atoms with van der Waals surface area (Å²) in [5.74, 6) is -0.428. The Hall–Kier alpha value is -1.75. The highest BCUT2D eigenvalue weighted by atomic mass is 16.5. The van der Waals surface area contributed by atoms with Gasteiger partial charge in [0.15, 0.2) is 0 Å². The van der Waals surface area contributed by atoms with Crippen LogP contribution in [0.15, 0.2) is 12.1 Å². The molecule has 0 aliphatic heterocycles. The standard InChI is InChI=1S/C11H17N3O2/c1-7-5-8(13-14(2)3)6-9(10(7)12)11(15)16-4/h5-6,13H,12H2,1-4H3. The summed E-state index contributed by atoms with van der Waals surface area (Å²) in [5, 5.41) is 1.78. The molecule has 0 heterocycles. The van der Waals surface area contributed by atoms with E-state index < -0.39 is 5.97 Å². The Kier molecular flexibility index (Phi) is 3.73. The smallest absolute Gasteiger partial charge is 0.340 e. The number of ether oxygens (including phenoxy) is 1. The number of hydrogen-bond donors (Lipinski definition) is 2. The monoisotopic (exact) mass is 223 g/mol. The van der Waals surface area contributed by atoms with Crippen molar-refractivity contribution >= 4 is 17.3 Å². The zero-order valence-electron chi connectivity index (χ0n) is 10.00. The molecule has 1 aromatic carbocycles. The Labute approximate surface area is 95.2 Å². The lowest BCUT2D eigenvalue weighted by molar-refractivity contribution is 0.0602. The fourth-order valence-corrected chi connectivity index (χ4v) is 1.40. The lowest BCUT2D eigenvalue weighted by Crippen LogP contribution is -2.20. The third-order valence-electron chi connectivity index (χ3n) is 2.14. The van der Waals surface area contributed by atoms with Crippen LogP contribution >= 0.6 is 0 Å². The second-order valence-electron chi connectivity index (χ2n) is 3.75. The molecule has 0 saturated heterocycles. The molecule has 0 spiro atoms. The number of aryl methyl sites for hydroxylation is 1. The quantitative estimate of drug-likeness (QED) is 0.458. The minimum Gasteiger partial charge on any atom is -0.465 e. The van der Waals surface area contributed by atoms with E-state index in [1.165, 1.54) is 7.11 Å². The molecule has 5 heteroatoms. The Morgan fingerprint density at radius 1 is 1.44 bits per heavy atom. The largest absolute Gasteiger partial charge is 0.465 e. The van der Waals surface area contributed by atoms with Gasteiger partial charge in [0.05, 0.1) is 18.4 Å². The van der Waals surface area contributed by atoms with Gasteiger partial charge in [0.25, 0.3) is 0 Å². The second kappa shape index (κ2) is 4.85. The van der Waals surface area contributed by atoms with E-state index in [4.69, 9.17) is 5.73 Å². The average molecular weight is 223 g/mol. The van der Waals surface area contributed by atoms with Crippen molar-refractivity contribution in [1.29, 1.82) is 0 Å². The van der Waals surface area contributed by atoms with Gasteiger partial charge in [0, 0.05) is 19.8 Å². The summed E-state index contributed by atoms with van der Waals surface area (Å²) < 4.78 is 4.67. The molecule has 0 amide bonds. The topological polar surface area (TPSA) is 67.6 Å². The van der Waals surface area contributed by atoms with Crippen LogP contribution in [-0.4, -0.2) is 32.2 Å². The number of methoxy groups -OCH3 is 1. The van der Waals surface area contributed by atoms with Crippen LogP contribution in [0.4, 0.5) is 11.4 Å². The fourth-order valence-electron chi connectivity index (χ4n) is 1.40. The SMILES string of the molecule is COC(=O)c1cc(NN(C)C)cc(C)c1N. The number of anilines is 2. The average Bonchev–Trinajstić information content (AvgIpc) is 2.21. The van der Waals surface area contributed by atoms with Gasteiger partial charge < -0.3 is 15.9 Å². The molecule has 0 aliphatic carbocycles. The lowest BCUT2D eigenvalue weighted by Gasteiger charge is -2.16. The molecule has 0 fully saturated rings. The minimum atomic E-state index is -0.428. The molecule has 0 unspecified atom stereocenters. The van der Waals surface area contributed by atoms with Crippen molar-refractivity contribution in [2.24, 2.45) is 0 Å². The Morgan fingerprint density at radius 2 is 2.06 bits per heavy atom. The van der Waals surface area contributed by atoms with Crippen LogP contribution in [0.3, 0.4) is 0 Å². The first-order valence-electron chi connectivity index (χ1n) is 4.88. The summed E-state index contributed by atoms with van der Waals surface area (Å²) in [6, 6.07) is 3.55. The van der Waals surface area contributed by atoms with Crippen LogP contribution in [-0.2, 0) is 4.74 Å². The van der Waals surface area contributed by atoms with E-state index >= 15 is 0 Å². The van der Waals surface area contributed by atoms with Gasteiger partial charge in [-0.05, 0) is 24.6 Å². The van der Waals surface area contributed by atoms with E-state index in [9.17, 15) is 4.79 Å². The van der Waals surface area contributed by atoms with E-state index in [0.29, 0.717) is 11.3 Å². The first kappa shape index (κ1) is 12.3. The predicted molar refractivity (Wildman–Crippen MR) is 64.2 cm³/mol. The van der Waals surface area contributed by atoms with Crippen molar-refractivity contribution < 1.29 is 9.53 Å². The number of hydrazine groups is 1. The van der Waals surface area contributed by atoms with Crippen molar-refractivity contribution in [2.75, 3.05) is 32.4 Å². The number of nitrogens with zero attached hydrogens (tertiary/aromatic N) is 1. The Balaban J connectivity index is 3.16. The molecule has 3 N–H and O–H groups in total. The van der Waals surface area contributed by atoms with Crippen LogP contribution in [0.5, 0.6) is 0 Å². The second-order valence-corrected chi connectivity index (χ2v) is 3.75. The predicted octanol–water partition coefficient (Wildman–Crippen LogP) is 1.25. The molecular formula is C11H17N3O2. The van der Waals surface area contributed by atoms with Gasteiger partial charge in [-0.1, -0.05) is 0 Å². The van der Waals surface area contributed by atoms with Gasteiger partial charge >= 0.3 is 5.97 Å². The van der Waals surface area contributed by atoms with Crippen LogP contribution in [0, 0.1) is 6.92 Å². The van der Waals surface area contributed by atoms with Crippen molar-refractivity contribution in [1.82, 2.24) is 5.01 Å². The summed E-state index contributed by atoms with van der Waals surface area (Å²) in [6.07, 6.45) is 0. The van der Waals surface area contributed by atoms with Crippen LogP contribution in [0.25, 0.3) is 0 Å². The zero-order chi connectivity index (χ0) is 12.3. The molecule has 0 radical (unpaired) electrons. The van der Waals surface area contributed by atoms with Crippen molar-refractivity contribution in [3.05, 3.63) is 23.3 Å². The lowest BCUT2D eigenvalue weighted by atomic mass is 10.1. The highest BCUT2D eigenvalue weighted by Gasteiger charge is 2.13. The van der Waals surface area contributed by atoms with Crippen molar-refractivity contribution in [3.8, 4) is 0 Å². The number of esters is 1. The summed E-state index contributed by atoms with van der Waals surface area (Å²) in [5.41, 5.74) is 11.4. The number of nitrogens with two attached hydrogens (primary N) is 1. The number of rotatable bonds is 3. The summed E-state index contributed by atoms with van der Waals surface area (Å²) in [6.45, 7) is 1.85. The molecule has 0 aliphatic rings. The van der Waals surface area contributed by atoms with Gasteiger partial charge in [0.1, 0.15) is 0 Å². The maximum Gasteiger partial charge on any atom is 0.340 e. The third kappa shape index (κ3) is 2.64. The number of nitrogens with one attached hydrogen (secondary N) is 1. The summed E-state index contributed by atoms with van der Waals surface area (Å²) in [7, 11) is 5.07. The molecule has 0 atom stereocenters. The fraction of sp³-hybridized carbons (Fsp3) is 0.364. The first-order valence-corrected chi connectivity index (χ1v) is 4.88. The van der Waals surface area contributed by atoms with Crippen LogP contribution < -0.4 is 11.2 Å². The molecule has 1 aromatic rings. The Morgan fingerprint density at radius 3 is 2.56 bits per heavy atom. The van der Waals surface area contributed by atoms with Crippen molar-refractivity contribution in [2.45, 2.75) is 6.92 Å². The van der Waals surface area contributed by atoms with E-state index in [-0.39, 0.29) is 0 Å². The van der Waals surface area contributed by atoms with E-state index in [2.05, 4.69) is 10.2 Å². The molecule has 0 bridgehead atoms.